The maximum absolute atomic E-state index is 12.8. The molecule has 0 aliphatic carbocycles. The molecule has 27 heavy (non-hydrogen) atoms. The van der Waals surface area contributed by atoms with Crippen LogP contribution < -0.4 is 4.90 Å². The number of benzene rings is 3. The zero-order valence-corrected chi connectivity index (χ0v) is 15.1. The number of fused-ring (bicyclic) bond motifs is 1. The van der Waals surface area contributed by atoms with Crippen LogP contribution in [0.5, 0.6) is 0 Å². The van der Waals surface area contributed by atoms with Crippen LogP contribution >= 0.6 is 0 Å². The first kappa shape index (κ1) is 17.1. The van der Waals surface area contributed by atoms with E-state index in [1.54, 1.807) is 13.0 Å². The van der Waals surface area contributed by atoms with Gasteiger partial charge in [0.25, 0.3) is 0 Å². The van der Waals surface area contributed by atoms with Crippen LogP contribution in [0.1, 0.15) is 35.7 Å². The fourth-order valence-electron chi connectivity index (χ4n) is 3.85. The van der Waals surface area contributed by atoms with E-state index in [0.29, 0.717) is 0 Å². The van der Waals surface area contributed by atoms with Gasteiger partial charge in [-0.25, -0.2) is 0 Å². The van der Waals surface area contributed by atoms with Crippen molar-refractivity contribution in [2.24, 2.45) is 0 Å². The molecule has 0 spiro atoms. The summed E-state index contributed by atoms with van der Waals surface area (Å²) >= 11 is 0. The minimum absolute atomic E-state index is 0.0339. The number of hydrogen-bond donors (Lipinski definition) is 1. The van der Waals surface area contributed by atoms with Gasteiger partial charge in [-0.15, -0.1) is 0 Å². The van der Waals surface area contributed by atoms with Crippen LogP contribution in [0.25, 0.3) is 6.08 Å². The first-order chi connectivity index (χ1) is 13.2. The molecule has 0 fully saturated rings. The number of hydrogen-bond acceptors (Lipinski definition) is 3. The summed E-state index contributed by atoms with van der Waals surface area (Å²) in [6.07, 6.45) is 1.80. The summed E-state index contributed by atoms with van der Waals surface area (Å²) in [6, 6.07) is 26.5. The van der Waals surface area contributed by atoms with Gasteiger partial charge in [0.05, 0.1) is 0 Å². The number of Topliss-reactive ketones (excluding diaryl/α,β-unsaturated/α-hetero) is 1. The molecule has 0 saturated heterocycles. The Labute approximate surface area is 159 Å². The number of aliphatic hydroxyl groups excluding tert-OH is 1. The number of nitrogens with zero attached hydrogens (tertiary/aromatic N) is 1. The lowest BCUT2D eigenvalue weighted by atomic mass is 9.90. The van der Waals surface area contributed by atoms with E-state index in [4.69, 9.17) is 0 Å². The van der Waals surface area contributed by atoms with E-state index >= 15 is 0 Å². The average molecular weight is 355 g/mol. The molecular weight excluding hydrogens is 334 g/mol. The zero-order valence-electron chi connectivity index (χ0n) is 15.1. The lowest BCUT2D eigenvalue weighted by molar-refractivity contribution is -0.118. The van der Waals surface area contributed by atoms with E-state index in [1.165, 1.54) is 0 Å². The van der Waals surface area contributed by atoms with Crippen LogP contribution in [0.4, 0.5) is 5.69 Å². The second-order valence-electron chi connectivity index (χ2n) is 6.77. The van der Waals surface area contributed by atoms with Crippen LogP contribution in [0.3, 0.4) is 0 Å². The molecule has 3 aromatic rings. The molecule has 2 atom stereocenters. The topological polar surface area (TPSA) is 40.5 Å². The molecular formula is C24H21NO2. The van der Waals surface area contributed by atoms with E-state index in [0.717, 1.165) is 22.4 Å². The largest absolute Gasteiger partial charge is 0.510 e. The highest BCUT2D eigenvalue weighted by Gasteiger charge is 2.37. The van der Waals surface area contributed by atoms with E-state index in [9.17, 15) is 9.90 Å². The van der Waals surface area contributed by atoms with Crippen LogP contribution in [-0.4, -0.2) is 10.9 Å². The van der Waals surface area contributed by atoms with Crippen molar-refractivity contribution in [1.29, 1.82) is 0 Å². The Bertz CT molecular complexity index is 980. The van der Waals surface area contributed by atoms with Gasteiger partial charge in [-0.1, -0.05) is 78.9 Å². The quantitative estimate of drug-likeness (QED) is 0.674. The molecule has 0 aromatic heterocycles. The van der Waals surface area contributed by atoms with Crippen molar-refractivity contribution in [3.8, 4) is 0 Å². The van der Waals surface area contributed by atoms with Crippen molar-refractivity contribution >= 4 is 17.5 Å². The number of anilines is 1. The van der Waals surface area contributed by atoms with Gasteiger partial charge in [-0.05, 0) is 30.2 Å². The first-order valence-electron chi connectivity index (χ1n) is 9.05. The van der Waals surface area contributed by atoms with Crippen LogP contribution in [0.2, 0.25) is 0 Å². The molecule has 1 aliphatic rings. The molecule has 134 valence electrons. The van der Waals surface area contributed by atoms with Crippen LogP contribution in [-0.2, 0) is 4.79 Å². The second-order valence-corrected chi connectivity index (χ2v) is 6.77. The standard InChI is InChI=1S/C24H21NO2/c1-17(26)23(18-10-4-2-5-11-18)25-21-15-9-8-14-20(21)16-22(27)24(25)19-12-6-3-7-13-19/h2-16,23-24,27H,1H3/t23-,24-/m1/s1. The highest BCUT2D eigenvalue weighted by molar-refractivity contribution is 5.89. The number of ketones is 1. The van der Waals surface area contributed by atoms with Crippen LogP contribution in [0.15, 0.2) is 90.7 Å². The molecule has 1 heterocycles. The second kappa shape index (κ2) is 7.12. The fraction of sp³-hybridized carbons (Fsp3) is 0.125. The Morgan fingerprint density at radius 1 is 0.889 bits per heavy atom. The summed E-state index contributed by atoms with van der Waals surface area (Å²) in [5.41, 5.74) is 3.70. The monoisotopic (exact) mass is 355 g/mol. The third kappa shape index (κ3) is 3.13. The van der Waals surface area contributed by atoms with Crippen molar-refractivity contribution in [2.45, 2.75) is 19.0 Å². The van der Waals surface area contributed by atoms with Gasteiger partial charge in [-0.2, -0.15) is 0 Å². The van der Waals surface area contributed by atoms with Gasteiger partial charge in [-0.3, -0.25) is 4.79 Å². The predicted octanol–water partition coefficient (Wildman–Crippen LogP) is 5.48. The molecule has 4 rings (SSSR count). The number of rotatable bonds is 4. The Hall–Kier alpha value is -3.33. The predicted molar refractivity (Wildman–Crippen MR) is 109 cm³/mol. The highest BCUT2D eigenvalue weighted by atomic mass is 16.3. The maximum Gasteiger partial charge on any atom is 0.156 e. The zero-order chi connectivity index (χ0) is 18.8. The Kier molecular flexibility index (Phi) is 4.51. The van der Waals surface area contributed by atoms with Crippen molar-refractivity contribution in [2.75, 3.05) is 4.90 Å². The molecule has 0 radical (unpaired) electrons. The molecule has 3 heteroatoms. The summed E-state index contributed by atoms with van der Waals surface area (Å²) in [6.45, 7) is 1.61. The number of para-hydroxylation sites is 1. The van der Waals surface area contributed by atoms with Gasteiger partial charge >= 0.3 is 0 Å². The van der Waals surface area contributed by atoms with Crippen molar-refractivity contribution < 1.29 is 9.90 Å². The Balaban J connectivity index is 1.94. The van der Waals surface area contributed by atoms with E-state index < -0.39 is 12.1 Å². The smallest absolute Gasteiger partial charge is 0.156 e. The first-order valence-corrected chi connectivity index (χ1v) is 9.05. The minimum Gasteiger partial charge on any atom is -0.510 e. The fourth-order valence-corrected chi connectivity index (χ4v) is 3.85. The van der Waals surface area contributed by atoms with Gasteiger partial charge in [0, 0.05) is 11.3 Å². The van der Waals surface area contributed by atoms with Crippen LogP contribution in [0, 0.1) is 0 Å². The van der Waals surface area contributed by atoms with E-state index in [1.807, 2.05) is 89.8 Å². The molecule has 3 nitrogen and oxygen atoms in total. The molecule has 0 bridgehead atoms. The Morgan fingerprint density at radius 3 is 2.15 bits per heavy atom. The SMILES string of the molecule is CC(=O)[C@H](c1ccccc1)N1c2ccccc2C=C(O)[C@H]1c1ccccc1. The molecule has 0 saturated carbocycles. The molecule has 1 N–H and O–H groups in total. The molecule has 0 amide bonds. The summed E-state index contributed by atoms with van der Waals surface area (Å²) < 4.78 is 0. The van der Waals surface area contributed by atoms with Crippen molar-refractivity contribution in [3.63, 3.8) is 0 Å². The average Bonchev–Trinajstić information content (AvgIpc) is 2.69. The lowest BCUT2D eigenvalue weighted by Crippen LogP contribution is -2.39. The lowest BCUT2D eigenvalue weighted by Gasteiger charge is -2.42. The van der Waals surface area contributed by atoms with Gasteiger partial charge in [0.1, 0.15) is 17.8 Å². The summed E-state index contributed by atoms with van der Waals surface area (Å²) in [5, 5.41) is 10.9. The van der Waals surface area contributed by atoms with Crippen molar-refractivity contribution in [1.82, 2.24) is 0 Å². The normalized spacial score (nSPS) is 17.0. The third-order valence-electron chi connectivity index (χ3n) is 4.97. The van der Waals surface area contributed by atoms with Gasteiger partial charge < -0.3 is 10.0 Å². The highest BCUT2D eigenvalue weighted by Crippen LogP contribution is 2.45. The number of carbonyl (C=O) groups excluding carboxylic acids is 1. The molecule has 0 unspecified atom stereocenters. The number of aliphatic hydroxyl groups is 1. The van der Waals surface area contributed by atoms with E-state index in [-0.39, 0.29) is 11.5 Å². The Morgan fingerprint density at radius 2 is 1.48 bits per heavy atom. The summed E-state index contributed by atoms with van der Waals surface area (Å²) in [5.74, 6) is 0.272. The number of carbonyl (C=O) groups is 1. The summed E-state index contributed by atoms with van der Waals surface area (Å²) in [7, 11) is 0. The summed E-state index contributed by atoms with van der Waals surface area (Å²) in [4.78, 5) is 14.8. The van der Waals surface area contributed by atoms with Gasteiger partial charge in [0.15, 0.2) is 5.78 Å². The van der Waals surface area contributed by atoms with Crippen molar-refractivity contribution in [3.05, 3.63) is 107 Å². The molecule has 3 aromatic carbocycles. The van der Waals surface area contributed by atoms with Gasteiger partial charge in [0.2, 0.25) is 0 Å². The minimum atomic E-state index is -0.492. The molecule has 1 aliphatic heterocycles. The third-order valence-corrected chi connectivity index (χ3v) is 4.97. The van der Waals surface area contributed by atoms with E-state index in [2.05, 4.69) is 0 Å². The maximum atomic E-state index is 12.8.